The molecule has 90 heavy (non-hydrogen) atoms. The Morgan fingerprint density at radius 2 is 0.967 bits per heavy atom. The highest BCUT2D eigenvalue weighted by atomic mass is 32.2. The van der Waals surface area contributed by atoms with Gasteiger partial charge in [-0.2, -0.15) is 0 Å². The molecule has 10 rings (SSSR count). The van der Waals surface area contributed by atoms with Crippen LogP contribution in [0.25, 0.3) is 22.9 Å². The zero-order valence-electron chi connectivity index (χ0n) is 49.8. The predicted octanol–water partition coefficient (Wildman–Crippen LogP) is 12.5. The summed E-state index contributed by atoms with van der Waals surface area (Å²) in [6, 6.07) is 57.8. The minimum Gasteiger partial charge on any atom is -0.493 e. The van der Waals surface area contributed by atoms with Gasteiger partial charge in [0, 0.05) is 82.7 Å². The first kappa shape index (κ1) is 63.9. The maximum atomic E-state index is 13.4. The number of nitrogens with zero attached hydrogens (tertiary/aromatic N) is 2. The van der Waals surface area contributed by atoms with Gasteiger partial charge in [0.1, 0.15) is 35.1 Å². The van der Waals surface area contributed by atoms with Crippen LogP contribution in [-0.4, -0.2) is 83.9 Å². The Morgan fingerprint density at radius 1 is 0.533 bits per heavy atom. The molecule has 0 aliphatic carbocycles. The van der Waals surface area contributed by atoms with Gasteiger partial charge in [-0.05, 0) is 141 Å². The van der Waals surface area contributed by atoms with Crippen LogP contribution in [0.3, 0.4) is 0 Å². The molecule has 0 spiro atoms. The number of oxazole rings is 2. The zero-order chi connectivity index (χ0) is 63.6. The number of carbonyl (C=O) groups is 4. The van der Waals surface area contributed by atoms with Crippen molar-refractivity contribution < 1.29 is 56.1 Å². The number of para-hydroxylation sites is 2. The standard InChI is InChI=1S/C37H37N3O7S.C34H31N3O5/c1-3-22-38-48(44,45)30-19-15-27(16-20-30)35(41)31-11-7-8-12-33(31)39-34(37(42)43)24-26-13-17-29(18-14-26)46-23-21-32-25(2)47-36(40-32)28-9-5-4-6-10-28;1-22-29(37-33(42-22)24-8-3-2-4-9-24)18-19-41-27-16-14-23(15-17-27)20-31(34(39)40)36-30-13-6-5-12-28(30)32(38)25-10-7-11-26(35)21-25/h4-20,34,38-39H,3,21-24H2,1-2H3,(H,42,43);2-17,21,31,36H,18-20,35H2,1H3,(H,39,40). The number of aliphatic carboxylic acids is 2. The number of ether oxygens (including phenoxy) is 2. The summed E-state index contributed by atoms with van der Waals surface area (Å²) in [5, 5.41) is 26.1. The molecule has 0 amide bonds. The molecule has 8 aromatic carbocycles. The average molecular weight is 1230 g/mol. The topological polar surface area (TPSA) is 276 Å². The molecule has 18 nitrogen and oxygen atoms in total. The summed E-state index contributed by atoms with van der Waals surface area (Å²) in [5.74, 6) is 1.25. The van der Waals surface area contributed by atoms with Crippen molar-refractivity contribution in [1.29, 1.82) is 0 Å². The molecule has 0 aliphatic heterocycles. The summed E-state index contributed by atoms with van der Waals surface area (Å²) < 4.78 is 50.8. The number of carbonyl (C=O) groups excluding carboxylic acids is 2. The predicted molar refractivity (Wildman–Crippen MR) is 345 cm³/mol. The maximum absolute atomic E-state index is 13.4. The van der Waals surface area contributed by atoms with Crippen molar-refractivity contribution >= 4 is 50.6 Å². The van der Waals surface area contributed by atoms with Crippen molar-refractivity contribution in [2.24, 2.45) is 0 Å². The van der Waals surface area contributed by atoms with Gasteiger partial charge in [-0.1, -0.05) is 104 Å². The second kappa shape index (κ2) is 30.3. The molecule has 0 saturated heterocycles. The van der Waals surface area contributed by atoms with Gasteiger partial charge in [-0.3, -0.25) is 9.59 Å². The molecule has 460 valence electrons. The van der Waals surface area contributed by atoms with Gasteiger partial charge in [-0.15, -0.1) is 0 Å². The van der Waals surface area contributed by atoms with Crippen LogP contribution >= 0.6 is 0 Å². The van der Waals surface area contributed by atoms with Crippen LogP contribution in [0, 0.1) is 13.8 Å². The number of aromatic nitrogens is 2. The molecule has 0 radical (unpaired) electrons. The Kier molecular flexibility index (Phi) is 21.5. The van der Waals surface area contributed by atoms with E-state index < -0.39 is 34.0 Å². The number of nitrogens with one attached hydrogen (secondary N) is 3. The van der Waals surface area contributed by atoms with E-state index in [9.17, 15) is 37.8 Å². The summed E-state index contributed by atoms with van der Waals surface area (Å²) in [5.41, 5.74) is 13.5. The Morgan fingerprint density at radius 3 is 1.40 bits per heavy atom. The summed E-state index contributed by atoms with van der Waals surface area (Å²) in [4.78, 5) is 60.3. The van der Waals surface area contributed by atoms with E-state index in [1.54, 1.807) is 84.9 Å². The van der Waals surface area contributed by atoms with E-state index in [2.05, 4.69) is 25.3 Å². The van der Waals surface area contributed by atoms with Gasteiger partial charge in [0.25, 0.3) is 0 Å². The first-order chi connectivity index (χ1) is 43.5. The van der Waals surface area contributed by atoms with Gasteiger partial charge in [0.15, 0.2) is 11.6 Å². The van der Waals surface area contributed by atoms with Crippen molar-refractivity contribution in [2.75, 3.05) is 36.1 Å². The average Bonchev–Trinajstić information content (AvgIpc) is 1.54. The fourth-order valence-electron chi connectivity index (χ4n) is 9.66. The Hall–Kier alpha value is -10.6. The molecule has 2 heterocycles. The third kappa shape index (κ3) is 17.1. The lowest BCUT2D eigenvalue weighted by Gasteiger charge is -2.18. The van der Waals surface area contributed by atoms with E-state index in [1.807, 2.05) is 118 Å². The number of nitrogens with two attached hydrogens (primary N) is 1. The van der Waals surface area contributed by atoms with E-state index in [0.29, 0.717) is 90.5 Å². The molecule has 7 N–H and O–H groups in total. The second-order valence-corrected chi connectivity index (χ2v) is 22.8. The van der Waals surface area contributed by atoms with Crippen LogP contribution in [-0.2, 0) is 45.3 Å². The number of aryl methyl sites for hydroxylation is 2. The van der Waals surface area contributed by atoms with Crippen LogP contribution < -0.4 is 30.6 Å². The van der Waals surface area contributed by atoms with Crippen LogP contribution in [0.15, 0.2) is 220 Å². The summed E-state index contributed by atoms with van der Waals surface area (Å²) in [6.45, 7) is 6.75. The monoisotopic (exact) mass is 1230 g/mol. The number of hydrogen-bond donors (Lipinski definition) is 6. The normalized spacial score (nSPS) is 11.8. The number of sulfonamides is 1. The summed E-state index contributed by atoms with van der Waals surface area (Å²) in [7, 11) is -3.67. The SMILES string of the molecule is CCCNS(=O)(=O)c1ccc(C(=O)c2ccccc2NC(Cc2ccc(OCCc3nc(-c4ccccc4)oc3C)cc2)C(=O)O)cc1.Cc1oc(-c2ccccc2)nc1CCOc1ccc(CC(Nc2ccccc2C(=O)c2cccc(N)c2)C(=O)O)cc1. The smallest absolute Gasteiger partial charge is 0.326 e. The molecular weight excluding hydrogens is 1160 g/mol. The minimum atomic E-state index is -3.67. The summed E-state index contributed by atoms with van der Waals surface area (Å²) >= 11 is 0. The van der Waals surface area contributed by atoms with Crippen LogP contribution in [0.5, 0.6) is 11.5 Å². The number of ketones is 2. The highest BCUT2D eigenvalue weighted by Crippen LogP contribution is 2.28. The van der Waals surface area contributed by atoms with Crippen LogP contribution in [0.4, 0.5) is 17.1 Å². The van der Waals surface area contributed by atoms with Crippen molar-refractivity contribution in [1.82, 2.24) is 14.7 Å². The third-order valence-corrected chi connectivity index (χ3v) is 16.0. The van der Waals surface area contributed by atoms with Crippen molar-refractivity contribution in [3.63, 3.8) is 0 Å². The van der Waals surface area contributed by atoms with Crippen molar-refractivity contribution in [3.8, 4) is 34.4 Å². The molecule has 2 aromatic heterocycles. The second-order valence-electron chi connectivity index (χ2n) is 21.0. The van der Waals surface area contributed by atoms with Crippen molar-refractivity contribution in [3.05, 3.63) is 263 Å². The minimum absolute atomic E-state index is 0.0590. The highest BCUT2D eigenvalue weighted by molar-refractivity contribution is 7.89. The van der Waals surface area contributed by atoms with E-state index in [1.165, 1.54) is 24.3 Å². The number of nitrogen functional groups attached to an aromatic ring is 1. The molecule has 10 aromatic rings. The van der Waals surface area contributed by atoms with Gasteiger partial charge in [0.05, 0.1) is 29.5 Å². The molecule has 0 saturated carbocycles. The number of anilines is 3. The van der Waals surface area contributed by atoms with E-state index in [-0.39, 0.29) is 40.4 Å². The van der Waals surface area contributed by atoms with Gasteiger partial charge >= 0.3 is 11.9 Å². The van der Waals surface area contributed by atoms with E-state index >= 15 is 0 Å². The number of hydrogen-bond acceptors (Lipinski definition) is 15. The van der Waals surface area contributed by atoms with Crippen LogP contribution in [0.2, 0.25) is 0 Å². The molecule has 0 aliphatic rings. The lowest BCUT2D eigenvalue weighted by Crippen LogP contribution is -2.32. The molecule has 19 heteroatoms. The number of carboxylic acids is 2. The molecule has 0 bridgehead atoms. The molecule has 2 atom stereocenters. The molecule has 2 unspecified atom stereocenters. The largest absolute Gasteiger partial charge is 0.493 e. The highest BCUT2D eigenvalue weighted by Gasteiger charge is 2.25. The van der Waals surface area contributed by atoms with Gasteiger partial charge in [0.2, 0.25) is 21.8 Å². The summed E-state index contributed by atoms with van der Waals surface area (Å²) in [6.07, 6.45) is 2.15. The van der Waals surface area contributed by atoms with E-state index in [4.69, 9.17) is 24.0 Å². The first-order valence-electron chi connectivity index (χ1n) is 29.2. The Labute approximate surface area is 521 Å². The zero-order valence-corrected chi connectivity index (χ0v) is 50.6. The van der Waals surface area contributed by atoms with Gasteiger partial charge in [-0.25, -0.2) is 32.7 Å². The van der Waals surface area contributed by atoms with E-state index in [0.717, 1.165) is 45.2 Å². The molecule has 0 fully saturated rings. The van der Waals surface area contributed by atoms with Crippen molar-refractivity contribution in [2.45, 2.75) is 69.9 Å². The third-order valence-electron chi connectivity index (χ3n) is 14.5. The lowest BCUT2D eigenvalue weighted by molar-refractivity contribution is -0.138. The first-order valence-corrected chi connectivity index (χ1v) is 30.7. The number of benzene rings is 8. The maximum Gasteiger partial charge on any atom is 0.326 e. The Balaban J connectivity index is 0.000000215. The fourth-order valence-corrected chi connectivity index (χ4v) is 10.8. The Bertz CT molecular complexity index is 4180. The van der Waals surface area contributed by atoms with Gasteiger partial charge < -0.3 is 44.9 Å². The lowest BCUT2D eigenvalue weighted by atomic mass is 10.00. The quantitative estimate of drug-likeness (QED) is 0.0196. The fraction of sp³-hybridized carbons (Fsp3) is 0.183. The number of carboxylic acid groups (broad SMARTS) is 2. The van der Waals surface area contributed by atoms with Crippen LogP contribution in [0.1, 0.15) is 79.2 Å². The molecular formula is C71H68N6O12S. The number of rotatable bonds is 28.